The van der Waals surface area contributed by atoms with Gasteiger partial charge in [0, 0.05) is 5.02 Å². The van der Waals surface area contributed by atoms with Crippen molar-refractivity contribution < 1.29 is 18.7 Å². The van der Waals surface area contributed by atoms with Gasteiger partial charge in [-0.25, -0.2) is 9.37 Å². The lowest BCUT2D eigenvalue weighted by Crippen LogP contribution is -2.39. The number of amides is 1. The van der Waals surface area contributed by atoms with E-state index in [1.54, 1.807) is 18.2 Å². The Bertz CT molecular complexity index is 1300. The van der Waals surface area contributed by atoms with Crippen LogP contribution >= 0.6 is 22.9 Å². The molecule has 1 amide bonds. The summed E-state index contributed by atoms with van der Waals surface area (Å²) in [6, 6.07) is 10.8. The van der Waals surface area contributed by atoms with Crippen LogP contribution in [0, 0.1) is 11.7 Å². The van der Waals surface area contributed by atoms with Crippen molar-refractivity contribution in [1.82, 2.24) is 4.98 Å². The predicted molar refractivity (Wildman–Crippen MR) is 120 cm³/mol. The van der Waals surface area contributed by atoms with Gasteiger partial charge in [-0.3, -0.25) is 14.5 Å². The second-order valence-electron chi connectivity index (χ2n) is 8.39. The Labute approximate surface area is 192 Å². The fraction of sp³-hybridized carbons (Fsp3) is 0.292. The van der Waals surface area contributed by atoms with Crippen LogP contribution in [0.15, 0.2) is 53.8 Å². The number of fused-ring (bicyclic) bond motifs is 2. The molecule has 0 spiro atoms. The molecule has 32 heavy (non-hydrogen) atoms. The van der Waals surface area contributed by atoms with Gasteiger partial charge < -0.3 is 4.74 Å². The molecule has 0 saturated heterocycles. The van der Waals surface area contributed by atoms with E-state index in [-0.39, 0.29) is 35.3 Å². The number of rotatable bonds is 2. The van der Waals surface area contributed by atoms with Crippen LogP contribution in [0.25, 0.3) is 10.2 Å². The topological polar surface area (TPSA) is 59.5 Å². The summed E-state index contributed by atoms with van der Waals surface area (Å²) < 4.78 is 20.6. The number of thiazole rings is 1. The first-order valence-corrected chi connectivity index (χ1v) is 11.8. The van der Waals surface area contributed by atoms with Crippen molar-refractivity contribution in [3.05, 3.63) is 70.2 Å². The highest BCUT2D eigenvalue weighted by atomic mass is 35.5. The number of carbonyl (C=O) groups is 2. The number of ether oxygens (including phenoxy) is 1. The number of halogens is 2. The van der Waals surface area contributed by atoms with Gasteiger partial charge in [-0.1, -0.05) is 41.5 Å². The van der Waals surface area contributed by atoms with Crippen LogP contribution in [0.1, 0.15) is 37.3 Å². The Morgan fingerprint density at radius 3 is 2.69 bits per heavy atom. The first-order valence-electron chi connectivity index (χ1n) is 10.6. The third-order valence-electron chi connectivity index (χ3n) is 6.49. The molecule has 2 aliphatic heterocycles. The van der Waals surface area contributed by atoms with Gasteiger partial charge in [0.1, 0.15) is 11.9 Å². The van der Waals surface area contributed by atoms with Crippen molar-refractivity contribution in [3.8, 4) is 0 Å². The molecule has 3 heterocycles. The zero-order valence-electron chi connectivity index (χ0n) is 16.9. The number of anilines is 1. The SMILES string of the molecule is O=C1C2=C(OC3CCCCC13)C(=O)N(c1nc3ccc(F)cc3s1)C2c1ccc(Cl)cc1. The molecule has 3 aliphatic rings. The van der Waals surface area contributed by atoms with Crippen molar-refractivity contribution in [1.29, 1.82) is 0 Å². The normalized spacial score (nSPS) is 25.2. The zero-order chi connectivity index (χ0) is 22.0. The fourth-order valence-corrected chi connectivity index (χ4v) is 6.14. The van der Waals surface area contributed by atoms with E-state index in [1.165, 1.54) is 28.4 Å². The number of benzene rings is 2. The maximum absolute atomic E-state index is 13.8. The van der Waals surface area contributed by atoms with Crippen LogP contribution in [0.2, 0.25) is 5.02 Å². The van der Waals surface area contributed by atoms with E-state index in [9.17, 15) is 14.0 Å². The molecule has 3 unspecified atom stereocenters. The molecule has 1 fully saturated rings. The van der Waals surface area contributed by atoms with Gasteiger partial charge >= 0.3 is 0 Å². The minimum Gasteiger partial charge on any atom is -0.483 e. The molecule has 0 radical (unpaired) electrons. The predicted octanol–water partition coefficient (Wildman–Crippen LogP) is 5.59. The summed E-state index contributed by atoms with van der Waals surface area (Å²) in [5.74, 6) is -0.858. The van der Waals surface area contributed by atoms with Crippen molar-refractivity contribution in [2.24, 2.45) is 5.92 Å². The molecule has 0 bridgehead atoms. The van der Waals surface area contributed by atoms with Gasteiger partial charge in [-0.2, -0.15) is 0 Å². The van der Waals surface area contributed by atoms with Crippen LogP contribution in [-0.2, 0) is 14.3 Å². The van der Waals surface area contributed by atoms with Gasteiger partial charge in [0.15, 0.2) is 16.7 Å². The number of hydrogen-bond donors (Lipinski definition) is 0. The molecule has 6 rings (SSSR count). The zero-order valence-corrected chi connectivity index (χ0v) is 18.5. The minimum atomic E-state index is -0.657. The lowest BCUT2D eigenvalue weighted by atomic mass is 9.77. The highest BCUT2D eigenvalue weighted by Crippen LogP contribution is 2.49. The van der Waals surface area contributed by atoms with Crippen molar-refractivity contribution >= 4 is 50.0 Å². The summed E-state index contributed by atoms with van der Waals surface area (Å²) in [6.07, 6.45) is 3.24. The highest BCUT2D eigenvalue weighted by Gasteiger charge is 2.53. The summed E-state index contributed by atoms with van der Waals surface area (Å²) >= 11 is 7.32. The average molecular weight is 469 g/mol. The third kappa shape index (κ3) is 2.98. The number of nitrogens with zero attached hydrogens (tertiary/aromatic N) is 2. The molecule has 3 atom stereocenters. The lowest BCUT2D eigenvalue weighted by Gasteiger charge is -2.35. The van der Waals surface area contributed by atoms with E-state index in [4.69, 9.17) is 16.3 Å². The summed E-state index contributed by atoms with van der Waals surface area (Å²) in [5, 5.41) is 0.970. The maximum Gasteiger partial charge on any atom is 0.296 e. The third-order valence-corrected chi connectivity index (χ3v) is 7.76. The summed E-state index contributed by atoms with van der Waals surface area (Å²) in [6.45, 7) is 0. The van der Waals surface area contributed by atoms with Crippen molar-refractivity contribution in [3.63, 3.8) is 0 Å². The molecule has 1 saturated carbocycles. The summed E-state index contributed by atoms with van der Waals surface area (Å²) in [4.78, 5) is 33.3. The molecule has 5 nitrogen and oxygen atoms in total. The molecule has 162 valence electrons. The first-order chi connectivity index (χ1) is 15.5. The molecule has 1 aromatic heterocycles. The quantitative estimate of drug-likeness (QED) is 0.492. The smallest absolute Gasteiger partial charge is 0.296 e. The molecule has 2 aromatic carbocycles. The van der Waals surface area contributed by atoms with Crippen LogP contribution in [0.5, 0.6) is 0 Å². The highest BCUT2D eigenvalue weighted by molar-refractivity contribution is 7.22. The Morgan fingerprint density at radius 2 is 1.88 bits per heavy atom. The molecule has 8 heteroatoms. The number of ketones is 1. The van der Waals surface area contributed by atoms with Gasteiger partial charge in [-0.15, -0.1) is 0 Å². The molecular formula is C24H18ClFN2O3S. The van der Waals surface area contributed by atoms with E-state index in [0.717, 1.165) is 31.2 Å². The van der Waals surface area contributed by atoms with Crippen LogP contribution in [0.4, 0.5) is 9.52 Å². The number of Topliss-reactive ketones (excluding diaryl/α,β-unsaturated/α-hetero) is 1. The number of aromatic nitrogens is 1. The number of hydrogen-bond acceptors (Lipinski definition) is 5. The Hall–Kier alpha value is -2.77. The van der Waals surface area contributed by atoms with Gasteiger partial charge in [-0.05, 0) is 55.2 Å². The van der Waals surface area contributed by atoms with Crippen LogP contribution < -0.4 is 4.90 Å². The Balaban J connectivity index is 1.51. The van der Waals surface area contributed by atoms with Gasteiger partial charge in [0.25, 0.3) is 5.91 Å². The van der Waals surface area contributed by atoms with E-state index in [2.05, 4.69) is 4.98 Å². The average Bonchev–Trinajstić information content (AvgIpc) is 3.33. The summed E-state index contributed by atoms with van der Waals surface area (Å²) in [7, 11) is 0. The van der Waals surface area contributed by atoms with Crippen molar-refractivity contribution in [2.75, 3.05) is 4.90 Å². The van der Waals surface area contributed by atoms with E-state index in [1.807, 2.05) is 12.1 Å². The van der Waals surface area contributed by atoms with Crippen LogP contribution in [0.3, 0.4) is 0 Å². The van der Waals surface area contributed by atoms with Crippen LogP contribution in [-0.4, -0.2) is 22.8 Å². The Morgan fingerprint density at radius 1 is 1.09 bits per heavy atom. The number of carbonyl (C=O) groups excluding carboxylic acids is 2. The monoisotopic (exact) mass is 468 g/mol. The van der Waals surface area contributed by atoms with Crippen molar-refractivity contribution in [2.45, 2.75) is 37.8 Å². The molecule has 1 aliphatic carbocycles. The molecule has 0 N–H and O–H groups in total. The van der Waals surface area contributed by atoms with Gasteiger partial charge in [0.2, 0.25) is 0 Å². The van der Waals surface area contributed by atoms with E-state index in [0.29, 0.717) is 25.9 Å². The second-order valence-corrected chi connectivity index (χ2v) is 9.84. The van der Waals surface area contributed by atoms with E-state index >= 15 is 0 Å². The van der Waals surface area contributed by atoms with E-state index < -0.39 is 6.04 Å². The first kappa shape index (κ1) is 19.9. The fourth-order valence-electron chi connectivity index (χ4n) is 4.99. The minimum absolute atomic E-state index is 0.0149. The lowest BCUT2D eigenvalue weighted by molar-refractivity contribution is -0.131. The largest absolute Gasteiger partial charge is 0.483 e. The molecular weight excluding hydrogens is 451 g/mol. The standard InChI is InChI=1S/C24H18ClFN2O3S/c25-13-7-5-12(6-8-13)20-19-21(29)15-3-1-2-4-17(15)31-22(19)23(30)28(20)24-27-16-10-9-14(26)11-18(16)32-24/h5-11,15,17,20H,1-4H2. The second kappa shape index (κ2) is 7.39. The van der Waals surface area contributed by atoms with Gasteiger partial charge in [0.05, 0.1) is 27.7 Å². The Kier molecular flexibility index (Phi) is 4.59. The maximum atomic E-state index is 13.8. The summed E-state index contributed by atoms with van der Waals surface area (Å²) in [5.41, 5.74) is 1.75. The molecule has 3 aromatic rings.